The van der Waals surface area contributed by atoms with E-state index in [9.17, 15) is 14.4 Å². The third-order valence-electron chi connectivity index (χ3n) is 7.51. The summed E-state index contributed by atoms with van der Waals surface area (Å²) in [6.45, 7) is 4.32. The Balaban J connectivity index is 1.28. The Morgan fingerprint density at radius 3 is 2.42 bits per heavy atom. The first-order chi connectivity index (χ1) is 18.5. The van der Waals surface area contributed by atoms with Crippen molar-refractivity contribution in [3.63, 3.8) is 0 Å². The molecular weight excluding hydrogens is 486 g/mol. The van der Waals surface area contributed by atoms with Crippen molar-refractivity contribution >= 4 is 23.4 Å². The molecular formula is C29H32N3O6+. The number of benzene rings is 2. The van der Waals surface area contributed by atoms with E-state index in [1.54, 1.807) is 6.92 Å². The van der Waals surface area contributed by atoms with Gasteiger partial charge in [0, 0.05) is 30.5 Å². The molecule has 0 spiro atoms. The summed E-state index contributed by atoms with van der Waals surface area (Å²) < 4.78 is 16.8. The van der Waals surface area contributed by atoms with Crippen LogP contribution in [0.5, 0.6) is 0 Å². The molecule has 2 aromatic carbocycles. The maximum atomic E-state index is 13.5. The molecule has 9 nitrogen and oxygen atoms in total. The van der Waals surface area contributed by atoms with Crippen molar-refractivity contribution in [3.05, 3.63) is 83.7 Å². The number of carbonyl (C=O) groups excluding carboxylic acids is 3. The zero-order valence-corrected chi connectivity index (χ0v) is 21.4. The Morgan fingerprint density at radius 1 is 1.05 bits per heavy atom. The van der Waals surface area contributed by atoms with Gasteiger partial charge in [0.25, 0.3) is 5.78 Å². The number of hydrogen-bond acceptors (Lipinski definition) is 8. The van der Waals surface area contributed by atoms with Crippen LogP contribution < -0.4 is 5.32 Å². The number of fused-ring (bicyclic) bond motifs is 3. The fraction of sp³-hybridized carbons (Fsp3) is 0.379. The maximum Gasteiger partial charge on any atom is 0.360 e. The number of ether oxygens (including phenoxy) is 2. The zero-order chi connectivity index (χ0) is 26.5. The Hall–Kier alpha value is -3.98. The summed E-state index contributed by atoms with van der Waals surface area (Å²) in [6, 6.07) is 19.8. The van der Waals surface area contributed by atoms with E-state index in [0.29, 0.717) is 11.0 Å². The Bertz CT molecular complexity index is 1270. The summed E-state index contributed by atoms with van der Waals surface area (Å²) in [6.07, 6.45) is 1.46. The van der Waals surface area contributed by atoms with Crippen LogP contribution in [0.1, 0.15) is 52.4 Å². The molecule has 198 valence electrons. The summed E-state index contributed by atoms with van der Waals surface area (Å²) in [7, 11) is 0. The van der Waals surface area contributed by atoms with Gasteiger partial charge in [0.15, 0.2) is 17.8 Å². The number of ketones is 1. The van der Waals surface area contributed by atoms with Crippen molar-refractivity contribution in [2.45, 2.75) is 31.9 Å². The second kappa shape index (κ2) is 11.2. The highest BCUT2D eigenvalue weighted by Crippen LogP contribution is 2.37. The molecule has 3 aromatic rings. The van der Waals surface area contributed by atoms with Crippen molar-refractivity contribution in [2.75, 3.05) is 38.1 Å². The zero-order valence-electron chi connectivity index (χ0n) is 21.4. The molecule has 1 N–H and O–H groups in total. The van der Waals surface area contributed by atoms with E-state index in [0.717, 1.165) is 37.2 Å². The summed E-state index contributed by atoms with van der Waals surface area (Å²) in [4.78, 5) is 38.5. The van der Waals surface area contributed by atoms with Crippen LogP contribution in [0.15, 0.2) is 71.3 Å². The number of hydrogen-bond donors (Lipinski definition) is 1. The molecule has 0 aliphatic carbocycles. The normalized spacial score (nSPS) is 22.9. The number of nitrogens with one attached hydrogen (secondary N) is 1. The molecule has 4 heterocycles. The van der Waals surface area contributed by atoms with Gasteiger partial charge in [-0.05, 0) is 24.6 Å². The molecule has 2 bridgehead atoms. The van der Waals surface area contributed by atoms with Gasteiger partial charge in [0.2, 0.25) is 5.76 Å². The number of nitrogens with zero attached hydrogens (tertiary/aromatic N) is 2. The minimum atomic E-state index is -0.653. The van der Waals surface area contributed by atoms with Crippen LogP contribution in [-0.2, 0) is 14.3 Å². The number of rotatable bonds is 10. The van der Waals surface area contributed by atoms with Gasteiger partial charge in [-0.2, -0.15) is 0 Å². The van der Waals surface area contributed by atoms with Crippen LogP contribution in [0.4, 0.5) is 5.69 Å². The van der Waals surface area contributed by atoms with Crippen molar-refractivity contribution < 1.29 is 32.9 Å². The van der Waals surface area contributed by atoms with Gasteiger partial charge in [-0.3, -0.25) is 4.79 Å². The number of carbonyl (C=O) groups is 3. The van der Waals surface area contributed by atoms with E-state index >= 15 is 0 Å². The molecule has 0 amide bonds. The molecule has 1 unspecified atom stereocenters. The highest BCUT2D eigenvalue weighted by atomic mass is 16.5. The largest absolute Gasteiger partial charge is 0.461 e. The van der Waals surface area contributed by atoms with Crippen LogP contribution in [-0.4, -0.2) is 66.3 Å². The smallest absolute Gasteiger partial charge is 0.360 e. The number of para-hydroxylation sites is 1. The van der Waals surface area contributed by atoms with E-state index in [2.05, 4.69) is 10.5 Å². The number of esters is 2. The number of piperidine rings is 3. The molecule has 0 saturated carbocycles. The molecule has 3 aliphatic heterocycles. The lowest BCUT2D eigenvalue weighted by molar-refractivity contribution is -0.938. The summed E-state index contributed by atoms with van der Waals surface area (Å²) in [5.41, 5.74) is 1.64. The van der Waals surface area contributed by atoms with E-state index in [-0.39, 0.29) is 48.4 Å². The van der Waals surface area contributed by atoms with Crippen molar-refractivity contribution in [3.8, 4) is 0 Å². The Kier molecular flexibility index (Phi) is 7.55. The van der Waals surface area contributed by atoms with Gasteiger partial charge < -0.3 is 23.8 Å². The predicted molar refractivity (Wildman–Crippen MR) is 138 cm³/mol. The molecule has 6 rings (SSSR count). The van der Waals surface area contributed by atoms with Gasteiger partial charge in [-0.1, -0.05) is 53.7 Å². The number of quaternary nitrogens is 1. The number of Topliss-reactive ketones (excluding diaryl/α,β-unsaturated/α-hetero) is 1. The van der Waals surface area contributed by atoms with E-state index in [1.807, 2.05) is 60.7 Å². The molecule has 2 atom stereocenters. The van der Waals surface area contributed by atoms with E-state index in [1.165, 1.54) is 6.07 Å². The first kappa shape index (κ1) is 25.7. The summed E-state index contributed by atoms with van der Waals surface area (Å²) in [5.74, 6) is -0.880. The van der Waals surface area contributed by atoms with Gasteiger partial charge in [0.1, 0.15) is 13.1 Å². The van der Waals surface area contributed by atoms with Gasteiger partial charge in [-0.15, -0.1) is 0 Å². The highest BCUT2D eigenvalue weighted by molar-refractivity contribution is 5.97. The molecule has 0 radical (unpaired) electrons. The number of anilines is 1. The number of aromatic nitrogens is 1. The second-order valence-corrected chi connectivity index (χ2v) is 10.0. The first-order valence-corrected chi connectivity index (χ1v) is 13.1. The average Bonchev–Trinajstić information content (AvgIpc) is 3.44. The lowest BCUT2D eigenvalue weighted by Crippen LogP contribution is -2.65. The quantitative estimate of drug-likeness (QED) is 0.243. The van der Waals surface area contributed by atoms with Crippen molar-refractivity contribution in [2.24, 2.45) is 5.92 Å². The fourth-order valence-corrected chi connectivity index (χ4v) is 5.51. The molecule has 1 aromatic heterocycles. The van der Waals surface area contributed by atoms with E-state index < -0.39 is 12.0 Å². The van der Waals surface area contributed by atoms with Crippen LogP contribution in [0.2, 0.25) is 0 Å². The van der Waals surface area contributed by atoms with Crippen LogP contribution in [0.3, 0.4) is 0 Å². The lowest BCUT2D eigenvalue weighted by atomic mass is 9.83. The van der Waals surface area contributed by atoms with Crippen LogP contribution in [0.25, 0.3) is 0 Å². The molecule has 3 saturated heterocycles. The predicted octanol–water partition coefficient (Wildman–Crippen LogP) is 4.04. The molecule has 9 heteroatoms. The molecule has 3 aliphatic rings. The topological polar surface area (TPSA) is 108 Å². The monoisotopic (exact) mass is 518 g/mol. The fourth-order valence-electron chi connectivity index (χ4n) is 5.51. The van der Waals surface area contributed by atoms with Crippen LogP contribution >= 0.6 is 0 Å². The molecule has 38 heavy (non-hydrogen) atoms. The summed E-state index contributed by atoms with van der Waals surface area (Å²) in [5, 5.41) is 7.01. The third-order valence-corrected chi connectivity index (χ3v) is 7.51. The standard InChI is InChI=1S/C29H32N3O6/c1-2-36-28(34)23-17-25(38-31-23)24(33)18-32-15-13-20(14-16-32)26(19-32)37-29(35)27(21-9-5-3-6-10-21)30-22-11-7-4-8-12-22/h3-12,17,20,26-27,30H,2,13-16,18-19H2,1H3/q+1/t20?,26-,27?,32?/m0/s1. The SMILES string of the molecule is CCOC(=O)c1cc(C(=O)C[N+]23CCC(CC2)[C@@H](OC(=O)C(Nc2ccccc2)c2ccccc2)C3)on1. The Morgan fingerprint density at radius 2 is 1.74 bits per heavy atom. The lowest BCUT2D eigenvalue weighted by Gasteiger charge is -2.51. The molecule has 3 fully saturated rings. The Labute approximate surface area is 221 Å². The van der Waals surface area contributed by atoms with E-state index in [4.69, 9.17) is 14.0 Å². The van der Waals surface area contributed by atoms with Gasteiger partial charge >= 0.3 is 11.9 Å². The van der Waals surface area contributed by atoms with Crippen molar-refractivity contribution in [1.82, 2.24) is 5.16 Å². The van der Waals surface area contributed by atoms with Gasteiger partial charge in [-0.25, -0.2) is 9.59 Å². The third kappa shape index (κ3) is 5.62. The highest BCUT2D eigenvalue weighted by Gasteiger charge is 2.49. The van der Waals surface area contributed by atoms with Gasteiger partial charge in [0.05, 0.1) is 19.7 Å². The minimum absolute atomic E-state index is 0.0165. The summed E-state index contributed by atoms with van der Waals surface area (Å²) >= 11 is 0. The second-order valence-electron chi connectivity index (χ2n) is 10.0. The average molecular weight is 519 g/mol. The van der Waals surface area contributed by atoms with Crippen LogP contribution in [0, 0.1) is 5.92 Å². The van der Waals surface area contributed by atoms with Crippen molar-refractivity contribution in [1.29, 1.82) is 0 Å². The first-order valence-electron chi connectivity index (χ1n) is 13.1. The minimum Gasteiger partial charge on any atom is -0.461 e. The maximum absolute atomic E-state index is 13.5.